The minimum atomic E-state index is -0.652. The Morgan fingerprint density at radius 2 is 2.17 bits per heavy atom. The quantitative estimate of drug-likeness (QED) is 0.496. The van der Waals surface area contributed by atoms with Gasteiger partial charge >= 0.3 is 0 Å². The number of unbranched alkanes of at least 4 members (excludes halogenated alkanes) is 2. The molecule has 0 bridgehead atoms. The van der Waals surface area contributed by atoms with E-state index in [0.717, 1.165) is 19.3 Å². The summed E-state index contributed by atoms with van der Waals surface area (Å²) in [5.74, 6) is 0.274. The number of aliphatic hydroxyl groups excluding tert-OH is 1. The lowest BCUT2D eigenvalue weighted by molar-refractivity contribution is -0.120. The molecule has 0 aliphatic heterocycles. The van der Waals surface area contributed by atoms with Gasteiger partial charge in [-0.25, -0.2) is 0 Å². The number of rotatable bonds is 7. The molecular formula is C9H17ClO2. The second kappa shape index (κ2) is 7.56. The predicted octanol–water partition coefficient (Wildman–Crippen LogP) is 2.13. The minimum absolute atomic E-state index is 0.122. The molecular weight excluding hydrogens is 176 g/mol. The lowest BCUT2D eigenvalue weighted by atomic mass is 10.1. The van der Waals surface area contributed by atoms with Crippen LogP contribution in [0.1, 0.15) is 39.0 Å². The molecule has 0 aromatic carbocycles. The first kappa shape index (κ1) is 11.9. The summed E-state index contributed by atoms with van der Waals surface area (Å²) < 4.78 is 0. The van der Waals surface area contributed by atoms with E-state index >= 15 is 0 Å². The van der Waals surface area contributed by atoms with E-state index in [1.54, 1.807) is 0 Å². The zero-order valence-corrected chi connectivity index (χ0v) is 8.31. The number of alkyl halides is 1. The van der Waals surface area contributed by atoms with E-state index in [9.17, 15) is 4.79 Å². The van der Waals surface area contributed by atoms with Gasteiger partial charge in [-0.1, -0.05) is 19.8 Å². The highest BCUT2D eigenvalue weighted by molar-refractivity contribution is 6.18. The number of aliphatic hydroxyl groups is 1. The third-order valence-corrected chi connectivity index (χ3v) is 2.06. The molecule has 0 saturated heterocycles. The predicted molar refractivity (Wildman–Crippen MR) is 50.5 cm³/mol. The van der Waals surface area contributed by atoms with Crippen molar-refractivity contribution >= 4 is 17.4 Å². The Kier molecular flexibility index (Phi) is 7.51. The van der Waals surface area contributed by atoms with Crippen molar-refractivity contribution in [3.63, 3.8) is 0 Å². The maximum absolute atomic E-state index is 11.1. The van der Waals surface area contributed by atoms with Crippen molar-refractivity contribution in [3.8, 4) is 0 Å². The van der Waals surface area contributed by atoms with Crippen LogP contribution >= 0.6 is 11.6 Å². The van der Waals surface area contributed by atoms with Crippen molar-refractivity contribution in [1.29, 1.82) is 0 Å². The smallest absolute Gasteiger partial charge is 0.135 e. The van der Waals surface area contributed by atoms with E-state index in [2.05, 4.69) is 6.92 Å². The van der Waals surface area contributed by atoms with Gasteiger partial charge in [-0.15, -0.1) is 11.6 Å². The van der Waals surface area contributed by atoms with Gasteiger partial charge < -0.3 is 5.11 Å². The molecule has 0 unspecified atom stereocenters. The van der Waals surface area contributed by atoms with Crippen molar-refractivity contribution in [2.75, 3.05) is 5.88 Å². The van der Waals surface area contributed by atoms with Crippen LogP contribution in [-0.4, -0.2) is 22.9 Å². The molecule has 0 aromatic rings. The zero-order chi connectivity index (χ0) is 9.40. The third-order valence-electron chi connectivity index (χ3n) is 1.70. The van der Waals surface area contributed by atoms with Crippen LogP contribution in [0.2, 0.25) is 0 Å². The molecule has 1 N–H and O–H groups in total. The molecule has 0 aliphatic carbocycles. The van der Waals surface area contributed by atoms with Gasteiger partial charge in [0.25, 0.3) is 0 Å². The van der Waals surface area contributed by atoms with Crippen molar-refractivity contribution in [3.05, 3.63) is 0 Å². The minimum Gasteiger partial charge on any atom is -0.391 e. The molecule has 0 saturated carbocycles. The molecule has 3 heteroatoms. The summed E-state index contributed by atoms with van der Waals surface area (Å²) in [6.07, 6.45) is 3.29. The molecule has 1 atom stereocenters. The summed E-state index contributed by atoms with van der Waals surface area (Å²) in [6.45, 7) is 2.10. The maximum Gasteiger partial charge on any atom is 0.135 e. The first-order valence-corrected chi connectivity index (χ1v) is 4.99. The Bertz CT molecular complexity index is 126. The third kappa shape index (κ3) is 6.62. The molecule has 0 radical (unpaired) electrons. The van der Waals surface area contributed by atoms with Crippen LogP contribution in [0, 0.1) is 0 Å². The largest absolute Gasteiger partial charge is 0.391 e. The Labute approximate surface area is 78.9 Å². The average Bonchev–Trinajstić information content (AvgIpc) is 2.05. The molecule has 2 nitrogen and oxygen atoms in total. The Hall–Kier alpha value is -0.0800. The van der Waals surface area contributed by atoms with Crippen LogP contribution in [0.25, 0.3) is 0 Å². The van der Waals surface area contributed by atoms with Gasteiger partial charge in [0.1, 0.15) is 5.78 Å². The van der Waals surface area contributed by atoms with E-state index in [1.807, 2.05) is 0 Å². The first-order valence-electron chi connectivity index (χ1n) is 4.46. The van der Waals surface area contributed by atoms with Gasteiger partial charge in [-0.3, -0.25) is 4.79 Å². The summed E-state index contributed by atoms with van der Waals surface area (Å²) in [5.41, 5.74) is 0. The molecule has 0 rings (SSSR count). The molecule has 72 valence electrons. The lowest BCUT2D eigenvalue weighted by Crippen LogP contribution is -2.14. The normalized spacial score (nSPS) is 12.9. The first-order chi connectivity index (χ1) is 5.70. The number of hydrogen-bond acceptors (Lipinski definition) is 2. The van der Waals surface area contributed by atoms with Crippen LogP contribution in [0.4, 0.5) is 0 Å². The maximum atomic E-state index is 11.1. The monoisotopic (exact) mass is 192 g/mol. The highest BCUT2D eigenvalue weighted by Gasteiger charge is 2.08. The number of carbonyl (C=O) groups is 1. The molecule has 0 amide bonds. The van der Waals surface area contributed by atoms with Crippen molar-refractivity contribution < 1.29 is 9.90 Å². The van der Waals surface area contributed by atoms with Crippen molar-refractivity contribution in [2.45, 2.75) is 45.1 Å². The summed E-state index contributed by atoms with van der Waals surface area (Å²) in [5, 5.41) is 9.03. The summed E-state index contributed by atoms with van der Waals surface area (Å²) in [4.78, 5) is 11.1. The van der Waals surface area contributed by atoms with Gasteiger partial charge in [0.05, 0.1) is 6.10 Å². The van der Waals surface area contributed by atoms with Crippen LogP contribution in [0.5, 0.6) is 0 Å². The van der Waals surface area contributed by atoms with E-state index in [1.165, 1.54) is 0 Å². The number of hydrogen-bond donors (Lipinski definition) is 1. The topological polar surface area (TPSA) is 37.3 Å². The Morgan fingerprint density at radius 3 is 2.67 bits per heavy atom. The number of carbonyl (C=O) groups excluding carboxylic acids is 1. The van der Waals surface area contributed by atoms with Gasteiger partial charge in [-0.2, -0.15) is 0 Å². The van der Waals surface area contributed by atoms with Gasteiger partial charge in [0, 0.05) is 18.7 Å². The fourth-order valence-corrected chi connectivity index (χ4v) is 1.10. The van der Waals surface area contributed by atoms with Gasteiger partial charge in [0.2, 0.25) is 0 Å². The van der Waals surface area contributed by atoms with Gasteiger partial charge in [0.15, 0.2) is 0 Å². The second-order valence-electron chi connectivity index (χ2n) is 3.01. The van der Waals surface area contributed by atoms with E-state index in [-0.39, 0.29) is 18.1 Å². The van der Waals surface area contributed by atoms with Crippen molar-refractivity contribution in [1.82, 2.24) is 0 Å². The molecule has 0 heterocycles. The Morgan fingerprint density at radius 1 is 1.50 bits per heavy atom. The van der Waals surface area contributed by atoms with E-state index < -0.39 is 6.10 Å². The number of halogens is 1. The Balaban J connectivity index is 3.33. The number of ketones is 1. The summed E-state index contributed by atoms with van der Waals surface area (Å²) in [7, 11) is 0. The van der Waals surface area contributed by atoms with Crippen LogP contribution in [-0.2, 0) is 4.79 Å². The standard InChI is InChI=1S/C9H17ClO2/c1-2-3-4-5-8(11)6-9(12)7-10/h9,12H,2-7H2,1H3/t9-/m1/s1. The van der Waals surface area contributed by atoms with Crippen molar-refractivity contribution in [2.24, 2.45) is 0 Å². The zero-order valence-electron chi connectivity index (χ0n) is 7.55. The highest BCUT2D eigenvalue weighted by Crippen LogP contribution is 2.04. The number of Topliss-reactive ketones (excluding diaryl/α,β-unsaturated/α-hetero) is 1. The van der Waals surface area contributed by atoms with E-state index in [4.69, 9.17) is 16.7 Å². The highest BCUT2D eigenvalue weighted by atomic mass is 35.5. The fourth-order valence-electron chi connectivity index (χ4n) is 0.992. The molecule has 12 heavy (non-hydrogen) atoms. The summed E-state index contributed by atoms with van der Waals surface area (Å²) >= 11 is 5.36. The average molecular weight is 193 g/mol. The van der Waals surface area contributed by atoms with E-state index in [0.29, 0.717) is 6.42 Å². The molecule has 0 aromatic heterocycles. The lowest BCUT2D eigenvalue weighted by Gasteiger charge is -2.04. The van der Waals surface area contributed by atoms with Crippen LogP contribution in [0.15, 0.2) is 0 Å². The molecule has 0 aliphatic rings. The fraction of sp³-hybridized carbons (Fsp3) is 0.889. The molecule has 0 fully saturated rings. The SMILES string of the molecule is CCCCCC(=O)C[C@@H](O)CCl. The van der Waals surface area contributed by atoms with Crippen LogP contribution in [0.3, 0.4) is 0 Å². The molecule has 0 spiro atoms. The van der Waals surface area contributed by atoms with Gasteiger partial charge in [-0.05, 0) is 6.42 Å². The summed E-state index contributed by atoms with van der Waals surface area (Å²) in [6, 6.07) is 0. The van der Waals surface area contributed by atoms with Crippen LogP contribution < -0.4 is 0 Å². The second-order valence-corrected chi connectivity index (χ2v) is 3.32.